The Morgan fingerprint density at radius 3 is 2.43 bits per heavy atom. The fourth-order valence-corrected chi connectivity index (χ4v) is 2.31. The Kier molecular flexibility index (Phi) is 6.08. The highest BCUT2D eigenvalue weighted by atomic mass is 79.9. The molecule has 21 heavy (non-hydrogen) atoms. The smallest absolute Gasteiger partial charge is 0.120 e. The van der Waals surface area contributed by atoms with E-state index in [4.69, 9.17) is 9.47 Å². The molecule has 0 aliphatic rings. The van der Waals surface area contributed by atoms with Crippen LogP contribution in [0.4, 0.5) is 0 Å². The molecule has 0 spiro atoms. The van der Waals surface area contributed by atoms with E-state index in [0.717, 1.165) is 34.6 Å². The number of hydrogen-bond acceptors (Lipinski definition) is 3. The summed E-state index contributed by atoms with van der Waals surface area (Å²) in [5.74, 6) is 1.73. The van der Waals surface area contributed by atoms with E-state index in [-0.39, 0.29) is 0 Å². The first-order chi connectivity index (χ1) is 10.2. The highest BCUT2D eigenvalue weighted by molar-refractivity contribution is 9.10. The second-order valence-electron chi connectivity index (χ2n) is 4.67. The average Bonchev–Trinajstić information content (AvgIpc) is 2.53. The summed E-state index contributed by atoms with van der Waals surface area (Å²) in [5, 5.41) is 3.32. The zero-order chi connectivity index (χ0) is 15.1. The van der Waals surface area contributed by atoms with E-state index in [0.29, 0.717) is 6.61 Å². The summed E-state index contributed by atoms with van der Waals surface area (Å²) in [7, 11) is 1.67. The molecular weight excluding hydrogens is 330 g/mol. The summed E-state index contributed by atoms with van der Waals surface area (Å²) in [4.78, 5) is 0. The van der Waals surface area contributed by atoms with Crippen LogP contribution in [0.15, 0.2) is 46.9 Å². The highest BCUT2D eigenvalue weighted by Gasteiger charge is 2.03. The van der Waals surface area contributed by atoms with Crippen molar-refractivity contribution in [2.45, 2.75) is 20.1 Å². The summed E-state index contributed by atoms with van der Waals surface area (Å²) in [5.41, 5.74) is 2.32. The molecule has 0 unspecified atom stereocenters. The molecule has 0 heterocycles. The number of methoxy groups -OCH3 is 1. The van der Waals surface area contributed by atoms with Crippen LogP contribution in [0.3, 0.4) is 0 Å². The molecule has 2 aromatic carbocycles. The SMILES string of the molecule is CCNCc1cc(OCc2ccc(OC)cc2)ccc1Br. The standard InChI is InChI=1S/C17H20BrNO2/c1-3-19-11-14-10-16(8-9-17(14)18)21-12-13-4-6-15(20-2)7-5-13/h4-10,19H,3,11-12H2,1-2H3. The van der Waals surface area contributed by atoms with E-state index in [2.05, 4.69) is 34.2 Å². The maximum atomic E-state index is 5.85. The first kappa shape index (κ1) is 15.9. The van der Waals surface area contributed by atoms with Crippen LogP contribution in [0.1, 0.15) is 18.1 Å². The van der Waals surface area contributed by atoms with Crippen molar-refractivity contribution in [1.82, 2.24) is 5.32 Å². The minimum atomic E-state index is 0.548. The van der Waals surface area contributed by atoms with E-state index in [9.17, 15) is 0 Å². The zero-order valence-corrected chi connectivity index (χ0v) is 13.9. The Morgan fingerprint density at radius 2 is 1.76 bits per heavy atom. The van der Waals surface area contributed by atoms with Gasteiger partial charge in [0, 0.05) is 11.0 Å². The fourth-order valence-electron chi connectivity index (χ4n) is 1.92. The molecule has 2 aromatic rings. The lowest BCUT2D eigenvalue weighted by Gasteiger charge is -2.10. The van der Waals surface area contributed by atoms with Crippen molar-refractivity contribution >= 4 is 15.9 Å². The van der Waals surface area contributed by atoms with Crippen LogP contribution in [0.5, 0.6) is 11.5 Å². The van der Waals surface area contributed by atoms with Gasteiger partial charge in [0.1, 0.15) is 18.1 Å². The first-order valence-electron chi connectivity index (χ1n) is 6.97. The summed E-state index contributed by atoms with van der Waals surface area (Å²) < 4.78 is 12.1. The minimum Gasteiger partial charge on any atom is -0.497 e. The van der Waals surface area contributed by atoms with Crippen LogP contribution in [-0.4, -0.2) is 13.7 Å². The van der Waals surface area contributed by atoms with Gasteiger partial charge in [0.25, 0.3) is 0 Å². The van der Waals surface area contributed by atoms with Gasteiger partial charge in [0.05, 0.1) is 7.11 Å². The van der Waals surface area contributed by atoms with Crippen LogP contribution in [0.25, 0.3) is 0 Å². The number of rotatable bonds is 7. The Labute approximate surface area is 134 Å². The second-order valence-corrected chi connectivity index (χ2v) is 5.52. The lowest BCUT2D eigenvalue weighted by atomic mass is 10.2. The van der Waals surface area contributed by atoms with Crippen molar-refractivity contribution in [3.8, 4) is 11.5 Å². The van der Waals surface area contributed by atoms with Gasteiger partial charge in [-0.3, -0.25) is 0 Å². The molecule has 3 nitrogen and oxygen atoms in total. The average molecular weight is 350 g/mol. The van der Waals surface area contributed by atoms with Crippen LogP contribution in [0.2, 0.25) is 0 Å². The highest BCUT2D eigenvalue weighted by Crippen LogP contribution is 2.23. The third-order valence-corrected chi connectivity index (χ3v) is 3.92. The fraction of sp³-hybridized carbons (Fsp3) is 0.294. The molecule has 4 heteroatoms. The molecule has 0 radical (unpaired) electrons. The van der Waals surface area contributed by atoms with Crippen LogP contribution in [-0.2, 0) is 13.2 Å². The van der Waals surface area contributed by atoms with Crippen LogP contribution >= 0.6 is 15.9 Å². The van der Waals surface area contributed by atoms with Gasteiger partial charge >= 0.3 is 0 Å². The Morgan fingerprint density at radius 1 is 1.05 bits per heavy atom. The van der Waals surface area contributed by atoms with Gasteiger partial charge in [-0.2, -0.15) is 0 Å². The minimum absolute atomic E-state index is 0.548. The molecule has 0 bridgehead atoms. The van der Waals surface area contributed by atoms with Gasteiger partial charge in [0.2, 0.25) is 0 Å². The molecule has 1 N–H and O–H groups in total. The maximum Gasteiger partial charge on any atom is 0.120 e. The Bertz CT molecular complexity index is 570. The summed E-state index contributed by atoms with van der Waals surface area (Å²) >= 11 is 3.56. The van der Waals surface area contributed by atoms with Crippen molar-refractivity contribution in [1.29, 1.82) is 0 Å². The summed E-state index contributed by atoms with van der Waals surface area (Å²) in [6.45, 7) is 4.42. The van der Waals surface area contributed by atoms with Crippen LogP contribution < -0.4 is 14.8 Å². The molecule has 112 valence electrons. The molecule has 0 aliphatic heterocycles. The number of nitrogens with one attached hydrogen (secondary N) is 1. The van der Waals surface area contributed by atoms with Crippen molar-refractivity contribution in [2.75, 3.05) is 13.7 Å². The van der Waals surface area contributed by atoms with Gasteiger partial charge in [-0.25, -0.2) is 0 Å². The normalized spacial score (nSPS) is 10.4. The molecule has 0 saturated heterocycles. The summed E-state index contributed by atoms with van der Waals surface area (Å²) in [6, 6.07) is 14.0. The van der Waals surface area contributed by atoms with Crippen molar-refractivity contribution in [3.05, 3.63) is 58.1 Å². The lowest BCUT2D eigenvalue weighted by molar-refractivity contribution is 0.305. The number of halogens is 1. The second kappa shape index (κ2) is 8.05. The molecule has 0 fully saturated rings. The number of hydrogen-bond donors (Lipinski definition) is 1. The summed E-state index contributed by atoms with van der Waals surface area (Å²) in [6.07, 6.45) is 0. The largest absolute Gasteiger partial charge is 0.497 e. The van der Waals surface area contributed by atoms with Gasteiger partial charge in [-0.1, -0.05) is 35.0 Å². The van der Waals surface area contributed by atoms with E-state index in [1.165, 1.54) is 5.56 Å². The first-order valence-corrected chi connectivity index (χ1v) is 7.77. The molecule has 0 saturated carbocycles. The quantitative estimate of drug-likeness (QED) is 0.814. The van der Waals surface area contributed by atoms with E-state index < -0.39 is 0 Å². The van der Waals surface area contributed by atoms with E-state index in [1.54, 1.807) is 7.11 Å². The molecule has 0 atom stereocenters. The number of ether oxygens (including phenoxy) is 2. The molecular formula is C17H20BrNO2. The lowest BCUT2D eigenvalue weighted by Crippen LogP contribution is -2.12. The maximum absolute atomic E-state index is 5.85. The molecule has 2 rings (SSSR count). The Hall–Kier alpha value is -1.52. The molecule has 0 aliphatic carbocycles. The van der Waals surface area contributed by atoms with Gasteiger partial charge in [-0.15, -0.1) is 0 Å². The van der Waals surface area contributed by atoms with Gasteiger partial charge < -0.3 is 14.8 Å². The van der Waals surface area contributed by atoms with Gasteiger partial charge in [-0.05, 0) is 48.0 Å². The molecule has 0 amide bonds. The van der Waals surface area contributed by atoms with E-state index in [1.807, 2.05) is 36.4 Å². The van der Waals surface area contributed by atoms with Crippen molar-refractivity contribution < 1.29 is 9.47 Å². The monoisotopic (exact) mass is 349 g/mol. The zero-order valence-electron chi connectivity index (χ0n) is 12.4. The predicted molar refractivity (Wildman–Crippen MR) is 88.8 cm³/mol. The third kappa shape index (κ3) is 4.76. The number of benzene rings is 2. The predicted octanol–water partition coefficient (Wildman–Crippen LogP) is 4.15. The van der Waals surface area contributed by atoms with Gasteiger partial charge in [0.15, 0.2) is 0 Å². The van der Waals surface area contributed by atoms with E-state index >= 15 is 0 Å². The van der Waals surface area contributed by atoms with Crippen molar-refractivity contribution in [3.63, 3.8) is 0 Å². The van der Waals surface area contributed by atoms with Crippen molar-refractivity contribution in [2.24, 2.45) is 0 Å². The molecule has 0 aromatic heterocycles. The topological polar surface area (TPSA) is 30.5 Å². The Balaban J connectivity index is 1.98. The van der Waals surface area contributed by atoms with Crippen LogP contribution in [0, 0.1) is 0 Å². The third-order valence-electron chi connectivity index (χ3n) is 3.15.